The summed E-state index contributed by atoms with van der Waals surface area (Å²) in [5, 5.41) is 8.85. The highest BCUT2D eigenvalue weighted by Crippen LogP contribution is 2.61. The molecule has 1 saturated carbocycles. The number of nitrogens with zero attached hydrogens (tertiary/aromatic N) is 1. The Balaban J connectivity index is 1.13. The molecule has 0 aliphatic heterocycles. The van der Waals surface area contributed by atoms with Crippen molar-refractivity contribution in [3.63, 3.8) is 0 Å². The van der Waals surface area contributed by atoms with Crippen LogP contribution in [0, 0.1) is 5.41 Å². The predicted octanol–water partition coefficient (Wildman–Crippen LogP) is 7.11. The van der Waals surface area contributed by atoms with Gasteiger partial charge in [-0.15, -0.1) is 11.3 Å². The van der Waals surface area contributed by atoms with Gasteiger partial charge in [0.2, 0.25) is 5.91 Å². The number of nitrogens with one attached hydrogen (secondary N) is 2. The van der Waals surface area contributed by atoms with E-state index in [9.17, 15) is 9.59 Å². The summed E-state index contributed by atoms with van der Waals surface area (Å²) in [6.07, 6.45) is 5.24. The largest absolute Gasteiger partial charge is 0.349 e. The predicted molar refractivity (Wildman–Crippen MR) is 155 cm³/mol. The summed E-state index contributed by atoms with van der Waals surface area (Å²) in [5.41, 5.74) is 6.90. The van der Waals surface area contributed by atoms with Gasteiger partial charge >= 0.3 is 0 Å². The molecule has 3 aromatic carbocycles. The standard InChI is InChI=1S/C33H31N3O2S/c1-33(18-27-23-13-4-6-15-25(23)29(33)26-16-7-5-14-24(26)27)31(38)36-32-35-28(19-39-32)20-9-8-10-21(17-20)30(37)34-22-11-2-3-12-22/h4-10,13-17,19,22,27,29H,2-3,11-12,18H2,1H3,(H,34,37)(H,35,36,38). The van der Waals surface area contributed by atoms with E-state index in [1.165, 1.54) is 46.4 Å². The van der Waals surface area contributed by atoms with E-state index in [4.69, 9.17) is 4.98 Å². The Morgan fingerprint density at radius 3 is 2.26 bits per heavy atom. The number of amides is 2. The quantitative estimate of drug-likeness (QED) is 0.287. The van der Waals surface area contributed by atoms with E-state index in [-0.39, 0.29) is 29.7 Å². The minimum atomic E-state index is -0.586. The molecule has 2 N–H and O–H groups in total. The van der Waals surface area contributed by atoms with Gasteiger partial charge in [0.05, 0.1) is 11.1 Å². The molecule has 0 saturated heterocycles. The number of carbonyl (C=O) groups is 2. The van der Waals surface area contributed by atoms with Gasteiger partial charge in [0.15, 0.2) is 5.13 Å². The molecule has 2 amide bonds. The smallest absolute Gasteiger partial charge is 0.251 e. The van der Waals surface area contributed by atoms with Gasteiger partial charge in [-0.2, -0.15) is 0 Å². The molecule has 8 rings (SSSR count). The SMILES string of the molecule is CC1(C(=O)Nc2nc(-c3cccc(C(=O)NC4CCCC4)c3)cs2)CC2c3ccccc3C1c1ccccc12. The first-order chi connectivity index (χ1) is 19.0. The number of anilines is 1. The summed E-state index contributed by atoms with van der Waals surface area (Å²) in [6.45, 7) is 2.10. The average Bonchev–Trinajstić information content (AvgIpc) is 3.66. The molecule has 1 heterocycles. The zero-order valence-corrected chi connectivity index (χ0v) is 22.8. The second-order valence-corrected chi connectivity index (χ2v) is 12.3. The summed E-state index contributed by atoms with van der Waals surface area (Å²) in [4.78, 5) is 31.5. The lowest BCUT2D eigenvalue weighted by molar-refractivity contribution is -0.126. The number of thiazole rings is 1. The Morgan fingerprint density at radius 2 is 1.56 bits per heavy atom. The van der Waals surface area contributed by atoms with E-state index in [2.05, 4.69) is 66.1 Å². The average molecular weight is 534 g/mol. The van der Waals surface area contributed by atoms with Crippen molar-refractivity contribution in [1.29, 1.82) is 0 Å². The number of fused-ring (bicyclic) bond motifs is 1. The molecule has 1 atom stereocenters. The Labute approximate surface area is 232 Å². The van der Waals surface area contributed by atoms with Crippen LogP contribution in [-0.2, 0) is 4.79 Å². The third-order valence-corrected chi connectivity index (χ3v) is 9.74. The highest BCUT2D eigenvalue weighted by atomic mass is 32.1. The van der Waals surface area contributed by atoms with Crippen LogP contribution in [0.3, 0.4) is 0 Å². The fourth-order valence-electron chi connectivity index (χ4n) is 7.05. The Bertz CT molecular complexity index is 1540. The van der Waals surface area contributed by atoms with Crippen molar-refractivity contribution < 1.29 is 9.59 Å². The molecule has 0 radical (unpaired) electrons. The molecule has 196 valence electrons. The number of benzene rings is 3. The van der Waals surface area contributed by atoms with E-state index in [1.54, 1.807) is 0 Å². The molecule has 0 spiro atoms. The molecular weight excluding hydrogens is 502 g/mol. The first-order valence-electron chi connectivity index (χ1n) is 13.9. The third kappa shape index (κ3) is 4.09. The van der Waals surface area contributed by atoms with Gasteiger partial charge in [0, 0.05) is 34.4 Å². The normalized spacial score (nSPS) is 23.2. The second kappa shape index (κ2) is 9.45. The fraction of sp³-hybridized carbons (Fsp3) is 0.303. The van der Waals surface area contributed by atoms with Crippen LogP contribution in [0.15, 0.2) is 78.2 Å². The topological polar surface area (TPSA) is 71.1 Å². The molecule has 1 aromatic heterocycles. The number of rotatable bonds is 5. The Morgan fingerprint density at radius 1 is 0.897 bits per heavy atom. The van der Waals surface area contributed by atoms with E-state index < -0.39 is 5.41 Å². The van der Waals surface area contributed by atoms with Gasteiger partial charge in [-0.05, 0) is 60.6 Å². The van der Waals surface area contributed by atoms with Gasteiger partial charge < -0.3 is 10.6 Å². The third-order valence-electron chi connectivity index (χ3n) is 8.98. The number of hydrogen-bond donors (Lipinski definition) is 2. The summed E-state index contributed by atoms with van der Waals surface area (Å²) >= 11 is 1.42. The second-order valence-electron chi connectivity index (χ2n) is 11.4. The molecule has 1 fully saturated rings. The van der Waals surface area contributed by atoms with Crippen molar-refractivity contribution in [2.24, 2.45) is 5.41 Å². The molecule has 39 heavy (non-hydrogen) atoms. The van der Waals surface area contributed by atoms with Crippen LogP contribution in [0.4, 0.5) is 5.13 Å². The molecule has 4 aliphatic rings. The lowest BCUT2D eigenvalue weighted by Gasteiger charge is -2.50. The maximum atomic E-state index is 14.0. The zero-order chi connectivity index (χ0) is 26.6. The number of carbonyl (C=O) groups excluding carboxylic acids is 2. The maximum Gasteiger partial charge on any atom is 0.251 e. The first kappa shape index (κ1) is 24.3. The van der Waals surface area contributed by atoms with Crippen LogP contribution in [0.25, 0.3) is 11.3 Å². The van der Waals surface area contributed by atoms with E-state index in [0.29, 0.717) is 10.7 Å². The highest BCUT2D eigenvalue weighted by molar-refractivity contribution is 7.14. The van der Waals surface area contributed by atoms with Gasteiger partial charge in [0.1, 0.15) is 0 Å². The van der Waals surface area contributed by atoms with Crippen molar-refractivity contribution in [3.05, 3.63) is 106 Å². The van der Waals surface area contributed by atoms with E-state index in [1.807, 2.05) is 29.6 Å². The van der Waals surface area contributed by atoms with Gasteiger partial charge in [-0.3, -0.25) is 9.59 Å². The van der Waals surface area contributed by atoms with Gasteiger partial charge in [0.25, 0.3) is 5.91 Å². The molecule has 4 aromatic rings. The molecule has 5 nitrogen and oxygen atoms in total. The summed E-state index contributed by atoms with van der Waals surface area (Å²) in [7, 11) is 0. The molecule has 4 aliphatic carbocycles. The van der Waals surface area contributed by atoms with Gasteiger partial charge in [-0.25, -0.2) is 4.98 Å². The van der Waals surface area contributed by atoms with Gasteiger partial charge in [-0.1, -0.05) is 73.5 Å². The summed E-state index contributed by atoms with van der Waals surface area (Å²) < 4.78 is 0. The van der Waals surface area contributed by atoms with E-state index in [0.717, 1.165) is 30.5 Å². The van der Waals surface area contributed by atoms with Crippen molar-refractivity contribution in [2.75, 3.05) is 5.32 Å². The van der Waals surface area contributed by atoms with Crippen molar-refractivity contribution in [2.45, 2.75) is 56.9 Å². The number of aromatic nitrogens is 1. The summed E-state index contributed by atoms with van der Waals surface area (Å²) in [6, 6.07) is 25.0. The lowest BCUT2D eigenvalue weighted by Crippen LogP contribution is -2.47. The molecular formula is C33H31N3O2S. The van der Waals surface area contributed by atoms with Crippen LogP contribution >= 0.6 is 11.3 Å². The van der Waals surface area contributed by atoms with Crippen LogP contribution < -0.4 is 10.6 Å². The molecule has 6 heteroatoms. The minimum absolute atomic E-state index is 0.00407. The van der Waals surface area contributed by atoms with Crippen LogP contribution in [0.5, 0.6) is 0 Å². The first-order valence-corrected chi connectivity index (χ1v) is 14.8. The van der Waals surface area contributed by atoms with Crippen LogP contribution in [0.2, 0.25) is 0 Å². The monoisotopic (exact) mass is 533 g/mol. The summed E-state index contributed by atoms with van der Waals surface area (Å²) in [5.74, 6) is 0.188. The Kier molecular flexibility index (Phi) is 5.89. The fourth-order valence-corrected chi connectivity index (χ4v) is 7.77. The maximum absolute atomic E-state index is 14.0. The lowest BCUT2D eigenvalue weighted by atomic mass is 9.52. The van der Waals surface area contributed by atoms with E-state index >= 15 is 0 Å². The zero-order valence-electron chi connectivity index (χ0n) is 21.9. The van der Waals surface area contributed by atoms with Crippen molar-refractivity contribution in [3.8, 4) is 11.3 Å². The molecule has 2 bridgehead atoms. The minimum Gasteiger partial charge on any atom is -0.349 e. The Hall–Kier alpha value is -3.77. The van der Waals surface area contributed by atoms with Crippen molar-refractivity contribution >= 4 is 28.3 Å². The van der Waals surface area contributed by atoms with Crippen molar-refractivity contribution in [1.82, 2.24) is 10.3 Å². The van der Waals surface area contributed by atoms with Crippen LogP contribution in [-0.4, -0.2) is 22.8 Å². The molecule has 1 unspecified atom stereocenters. The highest BCUT2D eigenvalue weighted by Gasteiger charge is 2.54. The number of hydrogen-bond acceptors (Lipinski definition) is 4. The van der Waals surface area contributed by atoms with Crippen LogP contribution in [0.1, 0.15) is 83.5 Å².